The number of carbonyl (C=O) groups is 2. The minimum absolute atomic E-state index is 0.0359. The Morgan fingerprint density at radius 3 is 1.82 bits per heavy atom. The molecule has 0 amide bonds. The number of Topliss-reactive ketones (excluding diaryl/α,β-unsaturated/α-hetero) is 2. The molecular formula is C16H11Cl3O2Se. The van der Waals surface area contributed by atoms with Crippen LogP contribution >= 0.6 is 34.8 Å². The van der Waals surface area contributed by atoms with Crippen molar-refractivity contribution in [2.24, 2.45) is 0 Å². The number of halogens is 3. The first-order valence-corrected chi connectivity index (χ1v) is 9.71. The van der Waals surface area contributed by atoms with Crippen molar-refractivity contribution in [1.29, 1.82) is 0 Å². The van der Waals surface area contributed by atoms with Crippen LogP contribution in [0.1, 0.15) is 20.7 Å². The van der Waals surface area contributed by atoms with Crippen molar-refractivity contribution in [3.63, 3.8) is 0 Å². The van der Waals surface area contributed by atoms with Crippen LogP contribution in [-0.4, -0.2) is 30.8 Å². The number of hydrogen-bond donors (Lipinski definition) is 0. The van der Waals surface area contributed by atoms with Crippen LogP contribution in [-0.2, 0) is 0 Å². The molecule has 22 heavy (non-hydrogen) atoms. The van der Waals surface area contributed by atoms with Crippen molar-refractivity contribution in [3.8, 4) is 0 Å². The molecule has 0 saturated heterocycles. The molecule has 0 bridgehead atoms. The van der Waals surface area contributed by atoms with E-state index in [1.54, 1.807) is 48.5 Å². The summed E-state index contributed by atoms with van der Waals surface area (Å²) in [5, 5.41) is 1.41. The van der Waals surface area contributed by atoms with Gasteiger partial charge < -0.3 is 0 Å². The first-order chi connectivity index (χ1) is 10.5. The number of rotatable bonds is 6. The molecule has 2 aromatic carbocycles. The van der Waals surface area contributed by atoms with Crippen LogP contribution in [0.15, 0.2) is 48.5 Å². The summed E-state index contributed by atoms with van der Waals surface area (Å²) < 4.78 is -0.676. The molecule has 0 N–H and O–H groups in total. The number of hydrogen-bond acceptors (Lipinski definition) is 2. The molecule has 1 unspecified atom stereocenters. The van der Waals surface area contributed by atoms with Gasteiger partial charge in [0.15, 0.2) is 0 Å². The molecule has 1 atom stereocenters. The second-order valence-corrected chi connectivity index (χ2v) is 8.62. The predicted octanol–water partition coefficient (Wildman–Crippen LogP) is 4.75. The molecule has 114 valence electrons. The molecule has 2 aromatic rings. The number of benzene rings is 2. The van der Waals surface area contributed by atoms with Crippen LogP contribution in [0.3, 0.4) is 0 Å². The van der Waals surface area contributed by atoms with Crippen LogP contribution in [0.5, 0.6) is 0 Å². The van der Waals surface area contributed by atoms with Gasteiger partial charge in [0.05, 0.1) is 0 Å². The van der Waals surface area contributed by atoms with Gasteiger partial charge in [-0.3, -0.25) is 0 Å². The van der Waals surface area contributed by atoms with E-state index in [2.05, 4.69) is 0 Å². The Labute approximate surface area is 149 Å². The van der Waals surface area contributed by atoms with Crippen molar-refractivity contribution in [3.05, 3.63) is 69.7 Å². The zero-order valence-electron chi connectivity index (χ0n) is 11.3. The van der Waals surface area contributed by atoms with Gasteiger partial charge in [-0.15, -0.1) is 0 Å². The molecule has 0 spiro atoms. The van der Waals surface area contributed by atoms with E-state index in [-0.39, 0.29) is 31.8 Å². The maximum atomic E-state index is 12.2. The Morgan fingerprint density at radius 2 is 1.32 bits per heavy atom. The van der Waals surface area contributed by atoms with Crippen molar-refractivity contribution in [2.75, 3.05) is 0 Å². The van der Waals surface area contributed by atoms with Gasteiger partial charge >= 0.3 is 150 Å². The summed E-state index contributed by atoms with van der Waals surface area (Å²) in [4.78, 5) is 24.2. The SMILES string of the molecule is O=C(C[Se]C(Cl)C(=O)c1ccc(Cl)cc1)c1ccc(Cl)cc1. The van der Waals surface area contributed by atoms with E-state index >= 15 is 0 Å². The molecule has 2 nitrogen and oxygen atoms in total. The molecule has 0 saturated carbocycles. The van der Waals surface area contributed by atoms with E-state index in [9.17, 15) is 9.59 Å². The van der Waals surface area contributed by atoms with Gasteiger partial charge in [-0.1, -0.05) is 0 Å². The Hall–Kier alpha value is -0.831. The number of alkyl halides is 1. The summed E-state index contributed by atoms with van der Waals surface area (Å²) in [6.45, 7) is 0. The second-order valence-electron chi connectivity index (χ2n) is 4.43. The third-order valence-corrected chi connectivity index (χ3v) is 6.18. The summed E-state index contributed by atoms with van der Waals surface area (Å²) in [5.41, 5.74) is 1.08. The van der Waals surface area contributed by atoms with Gasteiger partial charge in [0, 0.05) is 0 Å². The third kappa shape index (κ3) is 4.84. The zero-order chi connectivity index (χ0) is 16.1. The molecule has 2 rings (SSSR count). The minimum atomic E-state index is -0.676. The molecule has 0 fully saturated rings. The Bertz CT molecular complexity index is 669. The Balaban J connectivity index is 1.93. The van der Waals surface area contributed by atoms with E-state index in [1.807, 2.05) is 0 Å². The first-order valence-electron chi connectivity index (χ1n) is 6.31. The van der Waals surface area contributed by atoms with E-state index in [0.29, 0.717) is 21.2 Å². The fraction of sp³-hybridized carbons (Fsp3) is 0.125. The number of carbonyl (C=O) groups excluding carboxylic acids is 2. The van der Waals surface area contributed by atoms with Gasteiger partial charge in [0.1, 0.15) is 0 Å². The summed E-state index contributed by atoms with van der Waals surface area (Å²) in [6.07, 6.45) is 0. The van der Waals surface area contributed by atoms with E-state index in [1.165, 1.54) is 0 Å². The van der Waals surface area contributed by atoms with Crippen LogP contribution in [0.4, 0.5) is 0 Å². The van der Waals surface area contributed by atoms with E-state index in [4.69, 9.17) is 34.8 Å². The van der Waals surface area contributed by atoms with Crippen LogP contribution in [0.25, 0.3) is 0 Å². The van der Waals surface area contributed by atoms with Crippen molar-refractivity contribution in [1.82, 2.24) is 0 Å². The molecule has 0 aliphatic rings. The Morgan fingerprint density at radius 1 is 0.864 bits per heavy atom. The third-order valence-electron chi connectivity index (χ3n) is 2.86. The van der Waals surface area contributed by atoms with E-state index in [0.717, 1.165) is 0 Å². The molecule has 6 heteroatoms. The molecule has 0 heterocycles. The van der Waals surface area contributed by atoms with Crippen LogP contribution < -0.4 is 0 Å². The fourth-order valence-corrected chi connectivity index (χ4v) is 3.97. The molecule has 0 radical (unpaired) electrons. The summed E-state index contributed by atoms with van der Waals surface area (Å²) >= 11 is 17.4. The van der Waals surface area contributed by atoms with Crippen molar-refractivity contribution in [2.45, 2.75) is 9.59 Å². The predicted molar refractivity (Wildman–Crippen MR) is 91.8 cm³/mol. The van der Waals surface area contributed by atoms with Crippen molar-refractivity contribution >= 4 is 61.3 Å². The standard InChI is InChI=1S/C16H11Cl3O2Se/c17-12-5-1-10(2-6-12)14(20)9-22-16(19)15(21)11-3-7-13(18)8-4-11/h1-8,16H,9H2. The molecular weight excluding hydrogens is 409 g/mol. The topological polar surface area (TPSA) is 34.1 Å². The van der Waals surface area contributed by atoms with Gasteiger partial charge in [0.2, 0.25) is 0 Å². The quantitative estimate of drug-likeness (QED) is 0.384. The van der Waals surface area contributed by atoms with Gasteiger partial charge in [0.25, 0.3) is 0 Å². The van der Waals surface area contributed by atoms with Gasteiger partial charge in [-0.25, -0.2) is 0 Å². The normalized spacial score (nSPS) is 12.0. The summed E-state index contributed by atoms with van der Waals surface area (Å²) in [5.74, 6) is -0.214. The van der Waals surface area contributed by atoms with Crippen molar-refractivity contribution < 1.29 is 9.59 Å². The fourth-order valence-electron chi connectivity index (χ4n) is 1.69. The van der Waals surface area contributed by atoms with Gasteiger partial charge in [-0.2, -0.15) is 0 Å². The molecule has 0 aliphatic heterocycles. The Kier molecular flexibility index (Phi) is 6.49. The molecule has 0 aliphatic carbocycles. The first kappa shape index (κ1) is 17.5. The average molecular weight is 421 g/mol. The van der Waals surface area contributed by atoms with Crippen LogP contribution in [0.2, 0.25) is 15.4 Å². The van der Waals surface area contributed by atoms with E-state index < -0.39 is 4.28 Å². The summed E-state index contributed by atoms with van der Waals surface area (Å²) in [7, 11) is 0. The van der Waals surface area contributed by atoms with Crippen LogP contribution in [0, 0.1) is 0 Å². The summed E-state index contributed by atoms with van der Waals surface area (Å²) in [6, 6.07) is 13.2. The zero-order valence-corrected chi connectivity index (χ0v) is 15.2. The number of ketones is 2. The monoisotopic (exact) mass is 420 g/mol. The maximum absolute atomic E-state index is 12.2. The second kappa shape index (κ2) is 8.14. The van der Waals surface area contributed by atoms with Gasteiger partial charge in [-0.05, 0) is 0 Å². The molecule has 0 aromatic heterocycles. The average Bonchev–Trinajstić information content (AvgIpc) is 2.53.